The highest BCUT2D eigenvalue weighted by molar-refractivity contribution is 5.27. The van der Waals surface area contributed by atoms with Crippen LogP contribution in [0.2, 0.25) is 0 Å². The lowest BCUT2D eigenvalue weighted by atomic mass is 10.2. The third-order valence-electron chi connectivity index (χ3n) is 3.27. The van der Waals surface area contributed by atoms with Crippen LogP contribution in [-0.2, 0) is 6.54 Å². The summed E-state index contributed by atoms with van der Waals surface area (Å²) in [5, 5.41) is 15.5. The van der Waals surface area contributed by atoms with Gasteiger partial charge in [0.15, 0.2) is 5.82 Å². The van der Waals surface area contributed by atoms with Crippen LogP contribution in [0.1, 0.15) is 38.2 Å². The maximum atomic E-state index is 5.16. The Kier molecular flexibility index (Phi) is 5.27. The Morgan fingerprint density at radius 3 is 2.52 bits per heavy atom. The van der Waals surface area contributed by atoms with Crippen LogP contribution in [0.5, 0.6) is 5.75 Å². The Hall–Kier alpha value is -1.95. The Morgan fingerprint density at radius 2 is 1.90 bits per heavy atom. The Balaban J connectivity index is 2.05. The van der Waals surface area contributed by atoms with Gasteiger partial charge >= 0.3 is 0 Å². The average molecular weight is 289 g/mol. The summed E-state index contributed by atoms with van der Waals surface area (Å²) >= 11 is 0. The summed E-state index contributed by atoms with van der Waals surface area (Å²) in [6.45, 7) is 8.04. The van der Waals surface area contributed by atoms with Crippen LogP contribution in [-0.4, -0.2) is 33.9 Å². The van der Waals surface area contributed by atoms with E-state index in [1.165, 1.54) is 0 Å². The van der Waals surface area contributed by atoms with Crippen molar-refractivity contribution in [1.29, 1.82) is 0 Å². The lowest BCUT2D eigenvalue weighted by Crippen LogP contribution is -2.26. The molecule has 0 aliphatic rings. The molecule has 0 aliphatic carbocycles. The third kappa shape index (κ3) is 4.26. The van der Waals surface area contributed by atoms with Crippen molar-refractivity contribution >= 4 is 0 Å². The molecule has 6 heteroatoms. The predicted molar refractivity (Wildman–Crippen MR) is 81.2 cm³/mol. The van der Waals surface area contributed by atoms with Gasteiger partial charge in [-0.25, -0.2) is 4.68 Å². The first kappa shape index (κ1) is 15.4. The van der Waals surface area contributed by atoms with Gasteiger partial charge in [0.2, 0.25) is 0 Å². The van der Waals surface area contributed by atoms with Gasteiger partial charge in [-0.1, -0.05) is 26.0 Å². The van der Waals surface area contributed by atoms with Crippen LogP contribution in [0, 0.1) is 5.92 Å². The zero-order valence-corrected chi connectivity index (χ0v) is 13.1. The molecule has 2 aromatic rings. The van der Waals surface area contributed by atoms with Crippen LogP contribution in [0.4, 0.5) is 0 Å². The molecule has 0 fully saturated rings. The molecule has 1 unspecified atom stereocenters. The van der Waals surface area contributed by atoms with Gasteiger partial charge in [0.1, 0.15) is 5.75 Å². The molecule has 0 spiro atoms. The number of aromatic nitrogens is 4. The van der Waals surface area contributed by atoms with Gasteiger partial charge in [-0.3, -0.25) is 0 Å². The van der Waals surface area contributed by atoms with Crippen LogP contribution in [0.15, 0.2) is 24.3 Å². The largest absolute Gasteiger partial charge is 0.497 e. The molecule has 6 nitrogen and oxygen atoms in total. The van der Waals surface area contributed by atoms with Gasteiger partial charge in [0.25, 0.3) is 0 Å². The van der Waals surface area contributed by atoms with E-state index in [9.17, 15) is 0 Å². The van der Waals surface area contributed by atoms with E-state index in [4.69, 9.17) is 4.74 Å². The summed E-state index contributed by atoms with van der Waals surface area (Å²) in [5.74, 6) is 2.30. The topological polar surface area (TPSA) is 64.9 Å². The highest BCUT2D eigenvalue weighted by Crippen LogP contribution is 2.14. The first-order valence-electron chi connectivity index (χ1n) is 7.22. The molecular weight excluding hydrogens is 266 g/mol. The number of tetrazole rings is 1. The first-order chi connectivity index (χ1) is 10.1. The third-order valence-corrected chi connectivity index (χ3v) is 3.27. The normalized spacial score (nSPS) is 12.6. The minimum absolute atomic E-state index is 0.126. The zero-order chi connectivity index (χ0) is 15.2. The van der Waals surface area contributed by atoms with E-state index in [1.54, 1.807) is 7.11 Å². The van der Waals surface area contributed by atoms with E-state index in [0.29, 0.717) is 12.5 Å². The van der Waals surface area contributed by atoms with Crippen molar-refractivity contribution in [1.82, 2.24) is 25.5 Å². The number of methoxy groups -OCH3 is 1. The second kappa shape index (κ2) is 7.17. The predicted octanol–water partition coefficient (Wildman–Crippen LogP) is 2.04. The second-order valence-electron chi connectivity index (χ2n) is 5.57. The standard InChI is InChI=1S/C15H23N5O/c1-11(2)9-16-12(3)15-17-18-19-20(15)10-13-5-7-14(21-4)8-6-13/h5-8,11-12,16H,9-10H2,1-4H3. The lowest BCUT2D eigenvalue weighted by Gasteiger charge is -2.15. The summed E-state index contributed by atoms with van der Waals surface area (Å²) < 4.78 is 7.00. The summed E-state index contributed by atoms with van der Waals surface area (Å²) in [5.41, 5.74) is 1.14. The number of hydrogen-bond donors (Lipinski definition) is 1. The summed E-state index contributed by atoms with van der Waals surface area (Å²) in [4.78, 5) is 0. The van der Waals surface area contributed by atoms with Crippen molar-refractivity contribution < 1.29 is 4.74 Å². The minimum Gasteiger partial charge on any atom is -0.497 e. The van der Waals surface area contributed by atoms with Crippen molar-refractivity contribution in [3.05, 3.63) is 35.7 Å². The van der Waals surface area contributed by atoms with Crippen molar-refractivity contribution in [3.63, 3.8) is 0 Å². The molecule has 0 radical (unpaired) electrons. The number of nitrogens with one attached hydrogen (secondary N) is 1. The molecule has 0 amide bonds. The first-order valence-corrected chi connectivity index (χ1v) is 7.22. The number of benzene rings is 1. The van der Waals surface area contributed by atoms with Crippen LogP contribution >= 0.6 is 0 Å². The van der Waals surface area contributed by atoms with E-state index in [-0.39, 0.29) is 6.04 Å². The molecule has 21 heavy (non-hydrogen) atoms. The van der Waals surface area contributed by atoms with Gasteiger partial charge in [0, 0.05) is 0 Å². The second-order valence-corrected chi connectivity index (χ2v) is 5.57. The highest BCUT2D eigenvalue weighted by atomic mass is 16.5. The molecule has 0 saturated heterocycles. The van der Waals surface area contributed by atoms with Gasteiger partial charge in [-0.15, -0.1) is 5.10 Å². The SMILES string of the molecule is COc1ccc(Cn2nnnc2C(C)NCC(C)C)cc1. The van der Waals surface area contributed by atoms with Crippen LogP contribution < -0.4 is 10.1 Å². The molecule has 1 heterocycles. The molecule has 0 saturated carbocycles. The fourth-order valence-corrected chi connectivity index (χ4v) is 2.04. The van der Waals surface area contributed by atoms with Crippen LogP contribution in [0.3, 0.4) is 0 Å². The summed E-state index contributed by atoms with van der Waals surface area (Å²) in [6, 6.07) is 8.06. The van der Waals surface area contributed by atoms with Crippen molar-refractivity contribution in [2.75, 3.05) is 13.7 Å². The van der Waals surface area contributed by atoms with Crippen LogP contribution in [0.25, 0.3) is 0 Å². The fraction of sp³-hybridized carbons (Fsp3) is 0.533. The van der Waals surface area contributed by atoms with E-state index >= 15 is 0 Å². The summed E-state index contributed by atoms with van der Waals surface area (Å²) in [7, 11) is 1.66. The Bertz CT molecular complexity index is 549. The number of rotatable bonds is 7. The monoisotopic (exact) mass is 289 g/mol. The Morgan fingerprint density at radius 1 is 1.19 bits per heavy atom. The molecule has 0 aliphatic heterocycles. The number of hydrogen-bond acceptors (Lipinski definition) is 5. The van der Waals surface area contributed by atoms with Gasteiger partial charge in [-0.2, -0.15) is 0 Å². The van der Waals surface area contributed by atoms with Crippen molar-refractivity contribution in [2.24, 2.45) is 5.92 Å². The smallest absolute Gasteiger partial charge is 0.168 e. The molecule has 1 aromatic carbocycles. The number of ether oxygens (including phenoxy) is 1. The maximum Gasteiger partial charge on any atom is 0.168 e. The van der Waals surface area contributed by atoms with Gasteiger partial charge in [0.05, 0.1) is 19.7 Å². The fourth-order valence-electron chi connectivity index (χ4n) is 2.04. The Labute approximate surface area is 125 Å². The number of nitrogens with zero attached hydrogens (tertiary/aromatic N) is 4. The molecule has 2 rings (SSSR count). The van der Waals surface area contributed by atoms with E-state index < -0.39 is 0 Å². The van der Waals surface area contributed by atoms with Gasteiger partial charge < -0.3 is 10.1 Å². The molecule has 1 aromatic heterocycles. The molecule has 1 atom stereocenters. The zero-order valence-electron chi connectivity index (χ0n) is 13.1. The maximum absolute atomic E-state index is 5.16. The minimum atomic E-state index is 0.126. The lowest BCUT2D eigenvalue weighted by molar-refractivity contribution is 0.414. The average Bonchev–Trinajstić information content (AvgIpc) is 2.93. The summed E-state index contributed by atoms with van der Waals surface area (Å²) in [6.07, 6.45) is 0. The van der Waals surface area contributed by atoms with E-state index in [1.807, 2.05) is 28.9 Å². The van der Waals surface area contributed by atoms with E-state index in [0.717, 1.165) is 23.7 Å². The van der Waals surface area contributed by atoms with Crippen molar-refractivity contribution in [3.8, 4) is 5.75 Å². The molecule has 114 valence electrons. The van der Waals surface area contributed by atoms with E-state index in [2.05, 4.69) is 41.6 Å². The molecule has 1 N–H and O–H groups in total. The highest BCUT2D eigenvalue weighted by Gasteiger charge is 2.14. The van der Waals surface area contributed by atoms with Crippen molar-refractivity contribution in [2.45, 2.75) is 33.4 Å². The molecular formula is C15H23N5O. The quantitative estimate of drug-likeness (QED) is 0.845. The van der Waals surface area contributed by atoms with Gasteiger partial charge in [-0.05, 0) is 47.5 Å². The molecule has 0 bridgehead atoms.